The summed E-state index contributed by atoms with van der Waals surface area (Å²) in [4.78, 5) is 25.5. The van der Waals surface area contributed by atoms with Gasteiger partial charge in [-0.15, -0.1) is 0 Å². The average Bonchev–Trinajstić information content (AvgIpc) is 2.49. The van der Waals surface area contributed by atoms with Gasteiger partial charge in [-0.05, 0) is 37.0 Å². The molecule has 0 unspecified atom stereocenters. The molecule has 1 aliphatic heterocycles. The molecule has 1 heterocycles. The van der Waals surface area contributed by atoms with Gasteiger partial charge in [-0.25, -0.2) is 0 Å². The first-order chi connectivity index (χ1) is 9.97. The van der Waals surface area contributed by atoms with Crippen molar-refractivity contribution in [1.29, 1.82) is 0 Å². The number of hydrogen-bond acceptors (Lipinski definition) is 2. The third-order valence-electron chi connectivity index (χ3n) is 4.47. The van der Waals surface area contributed by atoms with E-state index in [-0.39, 0.29) is 5.91 Å². The fourth-order valence-electron chi connectivity index (χ4n) is 2.79. The number of halogens is 1. The Labute approximate surface area is 133 Å². The fourth-order valence-corrected chi connectivity index (χ4v) is 3.06. The lowest BCUT2D eigenvalue weighted by molar-refractivity contribution is -0.154. The number of aliphatic carboxylic acids is 1. The summed E-state index contributed by atoms with van der Waals surface area (Å²) in [7, 11) is 0. The number of carbonyl (C=O) groups is 2. The summed E-state index contributed by atoms with van der Waals surface area (Å²) in [6, 6.07) is 7.70. The summed E-state index contributed by atoms with van der Waals surface area (Å²) in [5.74, 6) is -0.655. The predicted octanol–water partition coefficient (Wildman–Crippen LogP) is 3.10. The van der Waals surface area contributed by atoms with E-state index in [4.69, 9.17) is 0 Å². The zero-order valence-corrected chi connectivity index (χ0v) is 13.7. The maximum Gasteiger partial charge on any atom is 0.309 e. The number of likely N-dealkylation sites (tertiary alicyclic amines) is 1. The zero-order chi connectivity index (χ0) is 15.5. The first kappa shape index (κ1) is 16.0. The van der Waals surface area contributed by atoms with Gasteiger partial charge in [0.1, 0.15) is 0 Å². The van der Waals surface area contributed by atoms with Crippen molar-refractivity contribution in [3.8, 4) is 0 Å². The van der Waals surface area contributed by atoms with Crippen molar-refractivity contribution < 1.29 is 14.7 Å². The topological polar surface area (TPSA) is 57.6 Å². The molecule has 0 spiro atoms. The van der Waals surface area contributed by atoms with Crippen molar-refractivity contribution >= 4 is 27.8 Å². The number of carbonyl (C=O) groups excluding carboxylic acids is 1. The van der Waals surface area contributed by atoms with E-state index in [9.17, 15) is 14.7 Å². The Kier molecular flexibility index (Phi) is 5.04. The first-order valence-corrected chi connectivity index (χ1v) is 8.02. The van der Waals surface area contributed by atoms with Gasteiger partial charge in [0.05, 0.1) is 11.8 Å². The van der Waals surface area contributed by atoms with Crippen LogP contribution in [0.5, 0.6) is 0 Å². The molecule has 1 fully saturated rings. The molecule has 2 rings (SSSR count). The smallest absolute Gasteiger partial charge is 0.309 e. The van der Waals surface area contributed by atoms with Gasteiger partial charge in [-0.2, -0.15) is 0 Å². The fraction of sp³-hybridized carbons (Fsp3) is 0.500. The Balaban J connectivity index is 1.94. The van der Waals surface area contributed by atoms with Gasteiger partial charge in [0.2, 0.25) is 5.91 Å². The number of rotatable bonds is 4. The van der Waals surface area contributed by atoms with Crippen molar-refractivity contribution in [3.63, 3.8) is 0 Å². The molecule has 1 N–H and O–H groups in total. The molecule has 0 bridgehead atoms. The van der Waals surface area contributed by atoms with Crippen LogP contribution in [0.15, 0.2) is 28.7 Å². The second kappa shape index (κ2) is 6.60. The first-order valence-electron chi connectivity index (χ1n) is 7.22. The highest BCUT2D eigenvalue weighted by atomic mass is 79.9. The van der Waals surface area contributed by atoms with Crippen LogP contribution >= 0.6 is 15.9 Å². The lowest BCUT2D eigenvalue weighted by Gasteiger charge is -2.38. The SMILES string of the molecule is CCC1(C(=O)O)CCN(C(=O)Cc2ccc(Br)cc2)CC1. The van der Waals surface area contributed by atoms with Gasteiger partial charge in [0, 0.05) is 17.6 Å². The van der Waals surface area contributed by atoms with Gasteiger partial charge in [0.15, 0.2) is 0 Å². The Bertz CT molecular complexity index is 519. The van der Waals surface area contributed by atoms with Gasteiger partial charge in [0.25, 0.3) is 0 Å². The summed E-state index contributed by atoms with van der Waals surface area (Å²) in [5.41, 5.74) is 0.336. The van der Waals surface area contributed by atoms with Crippen LogP contribution in [-0.4, -0.2) is 35.0 Å². The van der Waals surface area contributed by atoms with Crippen LogP contribution < -0.4 is 0 Å². The molecular weight excluding hydrogens is 334 g/mol. The van der Waals surface area contributed by atoms with E-state index < -0.39 is 11.4 Å². The summed E-state index contributed by atoms with van der Waals surface area (Å²) in [5, 5.41) is 9.37. The van der Waals surface area contributed by atoms with Crippen molar-refractivity contribution in [2.24, 2.45) is 5.41 Å². The lowest BCUT2D eigenvalue weighted by Crippen LogP contribution is -2.46. The largest absolute Gasteiger partial charge is 0.481 e. The summed E-state index contributed by atoms with van der Waals surface area (Å²) in [6.07, 6.45) is 2.09. The summed E-state index contributed by atoms with van der Waals surface area (Å²) >= 11 is 3.37. The Hall–Kier alpha value is -1.36. The van der Waals surface area contributed by atoms with Crippen LogP contribution in [-0.2, 0) is 16.0 Å². The van der Waals surface area contributed by atoms with E-state index in [1.54, 1.807) is 4.90 Å². The van der Waals surface area contributed by atoms with Gasteiger partial charge in [-0.3, -0.25) is 9.59 Å². The minimum atomic E-state index is -0.731. The van der Waals surface area contributed by atoms with E-state index in [0.717, 1.165) is 10.0 Å². The Morgan fingerprint density at radius 3 is 2.29 bits per heavy atom. The second-order valence-electron chi connectivity index (χ2n) is 5.62. The molecule has 1 saturated heterocycles. The van der Waals surface area contributed by atoms with Crippen LogP contribution in [0.4, 0.5) is 0 Å². The number of amides is 1. The molecular formula is C16H20BrNO3. The molecule has 1 aromatic carbocycles. The predicted molar refractivity (Wildman–Crippen MR) is 84.0 cm³/mol. The molecule has 0 radical (unpaired) electrons. The quantitative estimate of drug-likeness (QED) is 0.904. The third kappa shape index (κ3) is 3.64. The van der Waals surface area contributed by atoms with Gasteiger partial charge in [-0.1, -0.05) is 35.0 Å². The summed E-state index contributed by atoms with van der Waals surface area (Å²) < 4.78 is 0.992. The van der Waals surface area contributed by atoms with Crippen LogP contribution in [0.1, 0.15) is 31.7 Å². The van der Waals surface area contributed by atoms with Crippen LogP contribution in [0.25, 0.3) is 0 Å². The Morgan fingerprint density at radius 1 is 1.24 bits per heavy atom. The highest BCUT2D eigenvalue weighted by Gasteiger charge is 2.40. The Morgan fingerprint density at radius 2 is 1.81 bits per heavy atom. The molecule has 1 aliphatic rings. The van der Waals surface area contributed by atoms with E-state index in [2.05, 4.69) is 15.9 Å². The number of carboxylic acid groups (broad SMARTS) is 1. The lowest BCUT2D eigenvalue weighted by atomic mass is 9.76. The van der Waals surface area contributed by atoms with Gasteiger partial charge >= 0.3 is 5.97 Å². The minimum absolute atomic E-state index is 0.0763. The van der Waals surface area contributed by atoms with E-state index in [1.807, 2.05) is 31.2 Å². The maximum absolute atomic E-state index is 12.3. The van der Waals surface area contributed by atoms with Crippen LogP contribution in [0.2, 0.25) is 0 Å². The number of piperidine rings is 1. The molecule has 1 amide bonds. The van der Waals surface area contributed by atoms with Gasteiger partial charge < -0.3 is 10.0 Å². The highest BCUT2D eigenvalue weighted by Crippen LogP contribution is 2.35. The van der Waals surface area contributed by atoms with E-state index in [0.29, 0.717) is 38.8 Å². The molecule has 5 heteroatoms. The van der Waals surface area contributed by atoms with Crippen molar-refractivity contribution in [2.75, 3.05) is 13.1 Å². The van der Waals surface area contributed by atoms with Crippen molar-refractivity contribution in [2.45, 2.75) is 32.6 Å². The summed E-state index contributed by atoms with van der Waals surface area (Å²) in [6.45, 7) is 2.98. The number of nitrogens with zero attached hydrogens (tertiary/aromatic N) is 1. The van der Waals surface area contributed by atoms with Crippen LogP contribution in [0.3, 0.4) is 0 Å². The maximum atomic E-state index is 12.3. The normalized spacial score (nSPS) is 17.5. The van der Waals surface area contributed by atoms with Crippen molar-refractivity contribution in [3.05, 3.63) is 34.3 Å². The second-order valence-corrected chi connectivity index (χ2v) is 6.54. The molecule has 0 aliphatic carbocycles. The molecule has 114 valence electrons. The van der Waals surface area contributed by atoms with E-state index >= 15 is 0 Å². The van der Waals surface area contributed by atoms with Crippen LogP contribution in [0, 0.1) is 5.41 Å². The third-order valence-corrected chi connectivity index (χ3v) is 5.00. The number of hydrogen-bond donors (Lipinski definition) is 1. The highest BCUT2D eigenvalue weighted by molar-refractivity contribution is 9.10. The zero-order valence-electron chi connectivity index (χ0n) is 12.1. The number of benzene rings is 1. The monoisotopic (exact) mass is 353 g/mol. The molecule has 1 aromatic rings. The molecule has 21 heavy (non-hydrogen) atoms. The molecule has 0 saturated carbocycles. The standard InChI is InChI=1S/C16H20BrNO3/c1-2-16(15(20)21)7-9-18(10-8-16)14(19)11-12-3-5-13(17)6-4-12/h3-6H,2,7-11H2,1H3,(H,20,21). The molecule has 0 atom stereocenters. The minimum Gasteiger partial charge on any atom is -0.481 e. The molecule has 4 nitrogen and oxygen atoms in total. The number of carboxylic acids is 1. The van der Waals surface area contributed by atoms with Crippen molar-refractivity contribution in [1.82, 2.24) is 4.90 Å². The van der Waals surface area contributed by atoms with E-state index in [1.165, 1.54) is 0 Å². The average molecular weight is 354 g/mol. The molecule has 0 aromatic heterocycles.